The lowest BCUT2D eigenvalue weighted by molar-refractivity contribution is -0.132. The highest BCUT2D eigenvalue weighted by Crippen LogP contribution is 2.14. The summed E-state index contributed by atoms with van der Waals surface area (Å²) in [6.45, 7) is 5.51. The molecule has 0 aliphatic carbocycles. The van der Waals surface area contributed by atoms with Crippen molar-refractivity contribution >= 4 is 11.8 Å². The molecular formula is C17H25N3O2. The molecule has 120 valence electrons. The standard InChI is InChI=1S/C17H25N3O2/c1-3-5-16(21)20-10-7-14(8-11-20)19-17(22)15-6-9-18-12-13(15)4-2/h6,9,12,14H,3-5,7-8,10-11H2,1-2H3,(H,19,22). The summed E-state index contributed by atoms with van der Waals surface area (Å²) < 4.78 is 0. The quantitative estimate of drug-likeness (QED) is 0.906. The molecule has 1 aliphatic rings. The smallest absolute Gasteiger partial charge is 0.251 e. The van der Waals surface area contributed by atoms with Crippen LogP contribution in [0.15, 0.2) is 18.5 Å². The number of nitrogens with zero attached hydrogens (tertiary/aromatic N) is 2. The Balaban J connectivity index is 1.88. The highest BCUT2D eigenvalue weighted by Gasteiger charge is 2.24. The third kappa shape index (κ3) is 4.06. The Morgan fingerprint density at radius 3 is 2.68 bits per heavy atom. The maximum absolute atomic E-state index is 12.4. The molecule has 0 saturated carbocycles. The number of rotatable bonds is 5. The molecule has 1 N–H and O–H groups in total. The lowest BCUT2D eigenvalue weighted by atomic mass is 10.0. The minimum atomic E-state index is -0.0300. The molecule has 0 spiro atoms. The zero-order chi connectivity index (χ0) is 15.9. The van der Waals surface area contributed by atoms with Gasteiger partial charge in [0.25, 0.3) is 5.91 Å². The van der Waals surface area contributed by atoms with Crippen LogP contribution in [0.2, 0.25) is 0 Å². The summed E-state index contributed by atoms with van der Waals surface area (Å²) in [5.74, 6) is 0.201. The van der Waals surface area contributed by atoms with Crippen LogP contribution < -0.4 is 5.32 Å². The van der Waals surface area contributed by atoms with E-state index in [9.17, 15) is 9.59 Å². The highest BCUT2D eigenvalue weighted by atomic mass is 16.2. The fourth-order valence-electron chi connectivity index (χ4n) is 2.84. The molecule has 0 unspecified atom stereocenters. The first kappa shape index (κ1) is 16.5. The zero-order valence-corrected chi connectivity index (χ0v) is 13.5. The van der Waals surface area contributed by atoms with E-state index in [0.717, 1.165) is 44.3 Å². The molecule has 2 heterocycles. The molecule has 5 nitrogen and oxygen atoms in total. The lowest BCUT2D eigenvalue weighted by Gasteiger charge is -2.32. The van der Waals surface area contributed by atoms with E-state index in [2.05, 4.69) is 10.3 Å². The van der Waals surface area contributed by atoms with E-state index in [1.54, 1.807) is 18.5 Å². The van der Waals surface area contributed by atoms with E-state index in [4.69, 9.17) is 0 Å². The van der Waals surface area contributed by atoms with Crippen LogP contribution in [-0.4, -0.2) is 40.8 Å². The Kier molecular flexibility index (Phi) is 5.92. The van der Waals surface area contributed by atoms with Crippen LogP contribution in [0.1, 0.15) is 55.5 Å². The van der Waals surface area contributed by atoms with Crippen molar-refractivity contribution in [3.05, 3.63) is 29.6 Å². The first-order valence-electron chi connectivity index (χ1n) is 8.17. The summed E-state index contributed by atoms with van der Waals surface area (Å²) in [6.07, 6.45) is 7.36. The number of likely N-dealkylation sites (tertiary alicyclic amines) is 1. The van der Waals surface area contributed by atoms with Crippen LogP contribution >= 0.6 is 0 Å². The van der Waals surface area contributed by atoms with Gasteiger partial charge in [0, 0.05) is 43.5 Å². The van der Waals surface area contributed by atoms with Crippen molar-refractivity contribution in [1.29, 1.82) is 0 Å². The number of carbonyl (C=O) groups is 2. The van der Waals surface area contributed by atoms with E-state index < -0.39 is 0 Å². The van der Waals surface area contributed by atoms with Gasteiger partial charge in [-0.15, -0.1) is 0 Å². The second-order valence-corrected chi connectivity index (χ2v) is 5.76. The van der Waals surface area contributed by atoms with Crippen molar-refractivity contribution < 1.29 is 9.59 Å². The van der Waals surface area contributed by atoms with Gasteiger partial charge in [0.2, 0.25) is 5.91 Å². The number of amides is 2. The average molecular weight is 303 g/mol. The van der Waals surface area contributed by atoms with Gasteiger partial charge in [-0.25, -0.2) is 0 Å². The summed E-state index contributed by atoms with van der Waals surface area (Å²) in [5, 5.41) is 3.10. The fourth-order valence-corrected chi connectivity index (χ4v) is 2.84. The molecule has 0 aromatic carbocycles. The van der Waals surface area contributed by atoms with Gasteiger partial charge < -0.3 is 10.2 Å². The zero-order valence-electron chi connectivity index (χ0n) is 13.5. The largest absolute Gasteiger partial charge is 0.349 e. The van der Waals surface area contributed by atoms with Crippen LogP contribution in [0.25, 0.3) is 0 Å². The van der Waals surface area contributed by atoms with Crippen molar-refractivity contribution in [1.82, 2.24) is 15.2 Å². The van der Waals surface area contributed by atoms with Gasteiger partial charge in [-0.3, -0.25) is 14.6 Å². The van der Waals surface area contributed by atoms with Gasteiger partial charge in [0.1, 0.15) is 0 Å². The van der Waals surface area contributed by atoms with Gasteiger partial charge >= 0.3 is 0 Å². The van der Waals surface area contributed by atoms with Crippen LogP contribution in [0.3, 0.4) is 0 Å². The van der Waals surface area contributed by atoms with Gasteiger partial charge in [0.05, 0.1) is 0 Å². The number of aryl methyl sites for hydroxylation is 1. The van der Waals surface area contributed by atoms with E-state index >= 15 is 0 Å². The Hall–Kier alpha value is -1.91. The van der Waals surface area contributed by atoms with Crippen molar-refractivity contribution in [3.63, 3.8) is 0 Å². The monoisotopic (exact) mass is 303 g/mol. The third-order valence-corrected chi connectivity index (χ3v) is 4.18. The maximum atomic E-state index is 12.4. The number of pyridine rings is 1. The molecule has 22 heavy (non-hydrogen) atoms. The summed E-state index contributed by atoms with van der Waals surface area (Å²) in [5.41, 5.74) is 1.68. The number of carbonyl (C=O) groups excluding carboxylic acids is 2. The first-order chi connectivity index (χ1) is 10.7. The van der Waals surface area contributed by atoms with Gasteiger partial charge in [-0.1, -0.05) is 13.8 Å². The van der Waals surface area contributed by atoms with E-state index in [1.807, 2.05) is 18.7 Å². The third-order valence-electron chi connectivity index (χ3n) is 4.18. The van der Waals surface area contributed by atoms with E-state index in [0.29, 0.717) is 12.0 Å². The normalized spacial score (nSPS) is 15.6. The molecule has 1 aliphatic heterocycles. The number of aromatic nitrogens is 1. The molecule has 2 amide bonds. The molecule has 0 bridgehead atoms. The highest BCUT2D eigenvalue weighted by molar-refractivity contribution is 5.95. The predicted molar refractivity (Wildman–Crippen MR) is 85.6 cm³/mol. The number of piperidine rings is 1. The van der Waals surface area contributed by atoms with Gasteiger partial charge in [-0.05, 0) is 37.3 Å². The molecule has 5 heteroatoms. The Labute approximate surface area is 132 Å². The van der Waals surface area contributed by atoms with Crippen molar-refractivity contribution in [2.24, 2.45) is 0 Å². The Morgan fingerprint density at radius 2 is 2.05 bits per heavy atom. The predicted octanol–water partition coefficient (Wildman–Crippen LogP) is 2.16. The first-order valence-corrected chi connectivity index (χ1v) is 8.17. The minimum Gasteiger partial charge on any atom is -0.349 e. The Bertz CT molecular complexity index is 522. The van der Waals surface area contributed by atoms with Gasteiger partial charge in [-0.2, -0.15) is 0 Å². The molecule has 1 aromatic rings. The van der Waals surface area contributed by atoms with Crippen LogP contribution in [0, 0.1) is 0 Å². The fraction of sp³-hybridized carbons (Fsp3) is 0.588. The van der Waals surface area contributed by atoms with Crippen LogP contribution in [-0.2, 0) is 11.2 Å². The van der Waals surface area contributed by atoms with Crippen molar-refractivity contribution in [2.75, 3.05) is 13.1 Å². The average Bonchev–Trinajstić information content (AvgIpc) is 2.55. The van der Waals surface area contributed by atoms with Crippen LogP contribution in [0.5, 0.6) is 0 Å². The van der Waals surface area contributed by atoms with E-state index in [-0.39, 0.29) is 17.9 Å². The second-order valence-electron chi connectivity index (χ2n) is 5.76. The maximum Gasteiger partial charge on any atom is 0.251 e. The summed E-state index contributed by atoms with van der Waals surface area (Å²) in [4.78, 5) is 30.2. The molecule has 1 fully saturated rings. The SMILES string of the molecule is CCCC(=O)N1CCC(NC(=O)c2ccncc2CC)CC1. The lowest BCUT2D eigenvalue weighted by Crippen LogP contribution is -2.46. The molecule has 1 aromatic heterocycles. The summed E-state index contributed by atoms with van der Waals surface area (Å²) >= 11 is 0. The molecular weight excluding hydrogens is 278 g/mol. The molecule has 2 rings (SSSR count). The van der Waals surface area contributed by atoms with Gasteiger partial charge in [0.15, 0.2) is 0 Å². The van der Waals surface area contributed by atoms with E-state index in [1.165, 1.54) is 0 Å². The number of nitrogens with one attached hydrogen (secondary N) is 1. The van der Waals surface area contributed by atoms with Crippen molar-refractivity contribution in [3.8, 4) is 0 Å². The Morgan fingerprint density at radius 1 is 1.32 bits per heavy atom. The molecule has 1 saturated heterocycles. The number of hydrogen-bond acceptors (Lipinski definition) is 3. The summed E-state index contributed by atoms with van der Waals surface area (Å²) in [6, 6.07) is 1.92. The van der Waals surface area contributed by atoms with Crippen LogP contribution in [0.4, 0.5) is 0 Å². The molecule has 0 radical (unpaired) electrons. The van der Waals surface area contributed by atoms with Crippen molar-refractivity contribution in [2.45, 2.75) is 52.0 Å². The minimum absolute atomic E-state index is 0.0300. The summed E-state index contributed by atoms with van der Waals surface area (Å²) in [7, 11) is 0. The second kappa shape index (κ2) is 7.92. The topological polar surface area (TPSA) is 62.3 Å². The molecule has 0 atom stereocenters. The number of hydrogen-bond donors (Lipinski definition) is 1.